The smallest absolute Gasteiger partial charge is 0.313 e. The third kappa shape index (κ3) is 3.98. The van der Waals surface area contributed by atoms with Crippen molar-refractivity contribution in [1.29, 1.82) is 5.26 Å². The molecule has 4 nitrogen and oxygen atoms in total. The zero-order valence-electron chi connectivity index (χ0n) is 15.6. The minimum atomic E-state index is -0.610. The number of carbonyl (C=O) groups is 2. The van der Waals surface area contributed by atoms with Gasteiger partial charge in [0.05, 0.1) is 12.5 Å². The SMILES string of the molecule is CCc1cc(CCC2(C3CCCC3)CC(=O)CC(=O)O2)ccc1CC#N. The molecule has 3 rings (SSSR count). The molecule has 1 saturated carbocycles. The molecule has 0 spiro atoms. The molecule has 0 bridgehead atoms. The van der Waals surface area contributed by atoms with Crippen LogP contribution in [-0.4, -0.2) is 17.4 Å². The molecule has 2 fully saturated rings. The molecule has 1 aliphatic heterocycles. The van der Waals surface area contributed by atoms with Gasteiger partial charge in [-0.1, -0.05) is 38.0 Å². The van der Waals surface area contributed by atoms with Crippen molar-refractivity contribution in [2.45, 2.75) is 76.7 Å². The summed E-state index contributed by atoms with van der Waals surface area (Å²) in [6.45, 7) is 2.10. The molecule has 26 heavy (non-hydrogen) atoms. The lowest BCUT2D eigenvalue weighted by Gasteiger charge is -2.41. The van der Waals surface area contributed by atoms with E-state index in [1.54, 1.807) is 0 Å². The van der Waals surface area contributed by atoms with Crippen LogP contribution in [0, 0.1) is 17.2 Å². The van der Waals surface area contributed by atoms with Crippen molar-refractivity contribution in [2.75, 3.05) is 0 Å². The van der Waals surface area contributed by atoms with Crippen LogP contribution in [-0.2, 0) is 33.6 Å². The number of rotatable bonds is 6. The molecule has 1 saturated heterocycles. The fourth-order valence-corrected chi connectivity index (χ4v) is 4.66. The number of aryl methyl sites for hydroxylation is 2. The summed E-state index contributed by atoms with van der Waals surface area (Å²) >= 11 is 0. The summed E-state index contributed by atoms with van der Waals surface area (Å²) < 4.78 is 5.87. The van der Waals surface area contributed by atoms with Crippen LogP contribution >= 0.6 is 0 Å². The van der Waals surface area contributed by atoms with Crippen LogP contribution in [0.4, 0.5) is 0 Å². The highest BCUT2D eigenvalue weighted by Gasteiger charge is 2.47. The largest absolute Gasteiger partial charge is 0.458 e. The molecule has 138 valence electrons. The summed E-state index contributed by atoms with van der Waals surface area (Å²) in [5, 5.41) is 8.96. The fourth-order valence-electron chi connectivity index (χ4n) is 4.66. The second kappa shape index (κ2) is 8.03. The highest BCUT2D eigenvalue weighted by molar-refractivity contribution is 5.98. The molecule has 1 aliphatic carbocycles. The van der Waals surface area contributed by atoms with E-state index >= 15 is 0 Å². The van der Waals surface area contributed by atoms with Gasteiger partial charge < -0.3 is 4.74 Å². The molecule has 1 aromatic rings. The van der Waals surface area contributed by atoms with Crippen LogP contribution < -0.4 is 0 Å². The van der Waals surface area contributed by atoms with Gasteiger partial charge in [0.1, 0.15) is 17.8 Å². The standard InChI is InChI=1S/C22H27NO3/c1-2-17-13-16(7-8-18(17)10-12-23)9-11-22(19-5-3-4-6-19)15-20(24)14-21(25)26-22/h7-8,13,19H,2-6,9-11,14-15H2,1H3. The Hall–Kier alpha value is -2.15. The number of benzene rings is 1. The van der Waals surface area contributed by atoms with E-state index < -0.39 is 5.60 Å². The number of esters is 1. The van der Waals surface area contributed by atoms with E-state index in [1.807, 2.05) is 6.07 Å². The van der Waals surface area contributed by atoms with Crippen molar-refractivity contribution in [3.63, 3.8) is 0 Å². The van der Waals surface area contributed by atoms with Crippen LogP contribution in [0.1, 0.15) is 68.6 Å². The minimum absolute atomic E-state index is 0.0202. The molecule has 1 aromatic carbocycles. The second-order valence-corrected chi connectivity index (χ2v) is 7.70. The van der Waals surface area contributed by atoms with Gasteiger partial charge in [0, 0.05) is 6.42 Å². The maximum atomic E-state index is 12.1. The first kappa shape index (κ1) is 18.6. The first-order valence-corrected chi connectivity index (χ1v) is 9.77. The zero-order valence-corrected chi connectivity index (χ0v) is 15.6. The third-order valence-electron chi connectivity index (χ3n) is 6.01. The molecule has 2 aliphatic rings. The van der Waals surface area contributed by atoms with Gasteiger partial charge in [0.25, 0.3) is 0 Å². The van der Waals surface area contributed by atoms with E-state index in [2.05, 4.69) is 25.1 Å². The van der Waals surface area contributed by atoms with Gasteiger partial charge in [-0.05, 0) is 54.7 Å². The first-order chi connectivity index (χ1) is 12.6. The van der Waals surface area contributed by atoms with Gasteiger partial charge in [0.2, 0.25) is 0 Å². The van der Waals surface area contributed by atoms with Gasteiger partial charge >= 0.3 is 5.97 Å². The molecule has 1 heterocycles. The lowest BCUT2D eigenvalue weighted by Crippen LogP contribution is -2.48. The predicted octanol–water partition coefficient (Wildman–Crippen LogP) is 4.08. The molecule has 4 heteroatoms. The fraction of sp³-hybridized carbons (Fsp3) is 0.591. The molecule has 0 N–H and O–H groups in total. The maximum absolute atomic E-state index is 12.1. The number of ketones is 1. The first-order valence-electron chi connectivity index (χ1n) is 9.77. The number of nitrogens with zero attached hydrogens (tertiary/aromatic N) is 1. The summed E-state index contributed by atoms with van der Waals surface area (Å²) in [4.78, 5) is 24.1. The number of cyclic esters (lactones) is 1. The zero-order chi connectivity index (χ0) is 18.6. The Kier molecular flexibility index (Phi) is 5.76. The summed E-state index contributed by atoms with van der Waals surface area (Å²) in [5.41, 5.74) is 2.87. The summed E-state index contributed by atoms with van der Waals surface area (Å²) in [6.07, 6.45) is 7.51. The van der Waals surface area contributed by atoms with Crippen molar-refractivity contribution in [3.8, 4) is 6.07 Å². The Morgan fingerprint density at radius 3 is 2.65 bits per heavy atom. The molecule has 0 radical (unpaired) electrons. The quantitative estimate of drug-likeness (QED) is 0.571. The Morgan fingerprint density at radius 2 is 2.00 bits per heavy atom. The van der Waals surface area contributed by atoms with E-state index in [1.165, 1.54) is 11.1 Å². The highest BCUT2D eigenvalue weighted by atomic mass is 16.6. The van der Waals surface area contributed by atoms with Gasteiger partial charge in [-0.2, -0.15) is 5.26 Å². The molecular formula is C22H27NO3. The molecular weight excluding hydrogens is 326 g/mol. The van der Waals surface area contributed by atoms with Gasteiger partial charge in [-0.25, -0.2) is 0 Å². The lowest BCUT2D eigenvalue weighted by atomic mass is 9.76. The van der Waals surface area contributed by atoms with Crippen molar-refractivity contribution in [3.05, 3.63) is 34.9 Å². The van der Waals surface area contributed by atoms with E-state index in [9.17, 15) is 9.59 Å². The predicted molar refractivity (Wildman–Crippen MR) is 98.5 cm³/mol. The average Bonchev–Trinajstić information content (AvgIpc) is 3.15. The van der Waals surface area contributed by atoms with Crippen molar-refractivity contribution >= 4 is 11.8 Å². The number of nitriles is 1. The molecule has 1 atom stereocenters. The Morgan fingerprint density at radius 1 is 1.23 bits per heavy atom. The van der Waals surface area contributed by atoms with Crippen LogP contribution in [0.15, 0.2) is 18.2 Å². The minimum Gasteiger partial charge on any atom is -0.458 e. The molecule has 1 unspecified atom stereocenters. The van der Waals surface area contributed by atoms with E-state index in [-0.39, 0.29) is 18.2 Å². The summed E-state index contributed by atoms with van der Waals surface area (Å²) in [5.74, 6) is -0.0299. The van der Waals surface area contributed by atoms with Crippen molar-refractivity contribution < 1.29 is 14.3 Å². The number of Topliss-reactive ketones (excluding diaryl/α,β-unsaturated/α-hetero) is 1. The van der Waals surface area contributed by atoms with Crippen LogP contribution in [0.3, 0.4) is 0 Å². The highest BCUT2D eigenvalue weighted by Crippen LogP contribution is 2.43. The third-order valence-corrected chi connectivity index (χ3v) is 6.01. The average molecular weight is 353 g/mol. The number of carbonyl (C=O) groups excluding carboxylic acids is 2. The number of ether oxygens (including phenoxy) is 1. The van der Waals surface area contributed by atoms with Gasteiger partial charge in [-0.3, -0.25) is 9.59 Å². The Bertz CT molecular complexity index is 709. The van der Waals surface area contributed by atoms with Crippen LogP contribution in [0.5, 0.6) is 0 Å². The number of hydrogen-bond donors (Lipinski definition) is 0. The van der Waals surface area contributed by atoms with Gasteiger partial charge in [-0.15, -0.1) is 0 Å². The summed E-state index contributed by atoms with van der Waals surface area (Å²) in [6, 6.07) is 8.50. The number of hydrogen-bond acceptors (Lipinski definition) is 4. The topological polar surface area (TPSA) is 67.2 Å². The molecule has 0 aromatic heterocycles. The van der Waals surface area contributed by atoms with E-state index in [0.29, 0.717) is 25.2 Å². The monoisotopic (exact) mass is 353 g/mol. The Labute approximate surface area is 155 Å². The normalized spacial score (nSPS) is 23.7. The van der Waals surface area contributed by atoms with Crippen LogP contribution in [0.25, 0.3) is 0 Å². The Balaban J connectivity index is 1.79. The van der Waals surface area contributed by atoms with Gasteiger partial charge in [0.15, 0.2) is 0 Å². The van der Waals surface area contributed by atoms with Crippen molar-refractivity contribution in [2.24, 2.45) is 5.92 Å². The lowest BCUT2D eigenvalue weighted by molar-refractivity contribution is -0.178. The maximum Gasteiger partial charge on any atom is 0.313 e. The van der Waals surface area contributed by atoms with Crippen LogP contribution in [0.2, 0.25) is 0 Å². The molecule has 0 amide bonds. The van der Waals surface area contributed by atoms with E-state index in [4.69, 9.17) is 10.00 Å². The second-order valence-electron chi connectivity index (χ2n) is 7.70. The van der Waals surface area contributed by atoms with E-state index in [0.717, 1.165) is 44.1 Å². The summed E-state index contributed by atoms with van der Waals surface area (Å²) in [7, 11) is 0. The van der Waals surface area contributed by atoms with Crippen molar-refractivity contribution in [1.82, 2.24) is 0 Å².